The SMILES string of the molecule is Cc1c[n+](C)c(-c2c(C)ccc3c2oc2c(-c4ccc5ccccc5c4)c(F)ccc23)cc1F. The molecule has 0 radical (unpaired) electrons. The molecule has 0 fully saturated rings. The van der Waals surface area contributed by atoms with E-state index in [2.05, 4.69) is 0 Å². The number of rotatable bonds is 2. The van der Waals surface area contributed by atoms with E-state index in [1.54, 1.807) is 19.2 Å². The fourth-order valence-electron chi connectivity index (χ4n) is 4.92. The van der Waals surface area contributed by atoms with E-state index in [0.29, 0.717) is 28.0 Å². The minimum Gasteiger partial charge on any atom is -0.454 e. The van der Waals surface area contributed by atoms with E-state index in [4.69, 9.17) is 4.42 Å². The number of aryl methyl sites for hydroxylation is 3. The Kier molecular flexibility index (Phi) is 4.53. The average Bonchev–Trinajstić information content (AvgIpc) is 3.19. The number of hydrogen-bond acceptors (Lipinski definition) is 1. The highest BCUT2D eigenvalue weighted by atomic mass is 19.1. The molecule has 6 rings (SSSR count). The lowest BCUT2D eigenvalue weighted by Crippen LogP contribution is -2.31. The average molecular weight is 451 g/mol. The molecule has 2 aromatic heterocycles. The zero-order chi connectivity index (χ0) is 23.6. The van der Waals surface area contributed by atoms with Crippen LogP contribution in [0.1, 0.15) is 11.1 Å². The molecular weight excluding hydrogens is 428 g/mol. The molecule has 0 bridgehead atoms. The molecule has 0 spiro atoms. The molecule has 2 nitrogen and oxygen atoms in total. The van der Waals surface area contributed by atoms with Gasteiger partial charge in [0, 0.05) is 22.4 Å². The molecule has 0 amide bonds. The van der Waals surface area contributed by atoms with Gasteiger partial charge in [-0.05, 0) is 53.9 Å². The van der Waals surface area contributed by atoms with Gasteiger partial charge in [0.2, 0.25) is 5.69 Å². The van der Waals surface area contributed by atoms with Gasteiger partial charge >= 0.3 is 0 Å². The summed E-state index contributed by atoms with van der Waals surface area (Å²) in [6.07, 6.45) is 1.77. The summed E-state index contributed by atoms with van der Waals surface area (Å²) in [5.41, 5.74) is 5.35. The van der Waals surface area contributed by atoms with Gasteiger partial charge in [0.15, 0.2) is 6.20 Å². The number of halogens is 2. The summed E-state index contributed by atoms with van der Waals surface area (Å²) >= 11 is 0. The summed E-state index contributed by atoms with van der Waals surface area (Å²) in [6, 6.07) is 22.7. The lowest BCUT2D eigenvalue weighted by atomic mass is 9.97. The largest absolute Gasteiger partial charge is 0.454 e. The van der Waals surface area contributed by atoms with Gasteiger partial charge in [0.1, 0.15) is 29.8 Å². The van der Waals surface area contributed by atoms with E-state index in [-0.39, 0.29) is 11.6 Å². The van der Waals surface area contributed by atoms with Gasteiger partial charge in [0.25, 0.3) is 0 Å². The lowest BCUT2D eigenvalue weighted by molar-refractivity contribution is -0.661. The summed E-state index contributed by atoms with van der Waals surface area (Å²) in [7, 11) is 1.89. The fourth-order valence-corrected chi connectivity index (χ4v) is 4.92. The Bertz CT molecular complexity index is 1760. The molecular formula is C30H22F2NO+. The van der Waals surface area contributed by atoms with Crippen molar-refractivity contribution in [1.29, 1.82) is 0 Å². The summed E-state index contributed by atoms with van der Waals surface area (Å²) in [5, 5.41) is 3.83. The van der Waals surface area contributed by atoms with Gasteiger partial charge in [-0.15, -0.1) is 0 Å². The number of aromatic nitrogens is 1. The third-order valence-corrected chi connectivity index (χ3v) is 6.67. The maximum atomic E-state index is 15.3. The monoisotopic (exact) mass is 450 g/mol. The van der Waals surface area contributed by atoms with Crippen molar-refractivity contribution in [2.45, 2.75) is 13.8 Å². The topological polar surface area (TPSA) is 17.0 Å². The minimum absolute atomic E-state index is 0.275. The van der Waals surface area contributed by atoms with Gasteiger partial charge < -0.3 is 4.42 Å². The number of benzene rings is 4. The van der Waals surface area contributed by atoms with Crippen LogP contribution in [0.4, 0.5) is 8.78 Å². The summed E-state index contributed by atoms with van der Waals surface area (Å²) in [4.78, 5) is 0. The maximum Gasteiger partial charge on any atom is 0.219 e. The molecule has 34 heavy (non-hydrogen) atoms. The van der Waals surface area contributed by atoms with Crippen LogP contribution in [0.2, 0.25) is 0 Å². The molecule has 0 N–H and O–H groups in total. The van der Waals surface area contributed by atoms with E-state index in [1.165, 1.54) is 12.1 Å². The van der Waals surface area contributed by atoms with Crippen molar-refractivity contribution in [2.75, 3.05) is 0 Å². The number of pyridine rings is 1. The number of hydrogen-bond donors (Lipinski definition) is 0. The first-order chi connectivity index (χ1) is 16.4. The maximum absolute atomic E-state index is 15.3. The normalized spacial score (nSPS) is 11.7. The zero-order valence-electron chi connectivity index (χ0n) is 19.1. The van der Waals surface area contributed by atoms with Crippen molar-refractivity contribution in [1.82, 2.24) is 0 Å². The first kappa shape index (κ1) is 20.5. The molecule has 0 aliphatic carbocycles. The van der Waals surface area contributed by atoms with Gasteiger partial charge in [-0.2, -0.15) is 0 Å². The van der Waals surface area contributed by atoms with Crippen molar-refractivity contribution in [3.8, 4) is 22.4 Å². The number of fused-ring (bicyclic) bond motifs is 4. The van der Waals surface area contributed by atoms with Gasteiger partial charge in [-0.25, -0.2) is 13.3 Å². The van der Waals surface area contributed by atoms with Crippen LogP contribution < -0.4 is 4.57 Å². The van der Waals surface area contributed by atoms with E-state index >= 15 is 4.39 Å². The highest BCUT2D eigenvalue weighted by Gasteiger charge is 2.24. The Morgan fingerprint density at radius 3 is 2.18 bits per heavy atom. The predicted molar refractivity (Wildman–Crippen MR) is 133 cm³/mol. The van der Waals surface area contributed by atoms with Crippen molar-refractivity contribution in [3.05, 3.63) is 102 Å². The molecule has 0 atom stereocenters. The minimum atomic E-state index is -0.341. The Morgan fingerprint density at radius 2 is 1.38 bits per heavy atom. The molecule has 0 aliphatic rings. The highest BCUT2D eigenvalue weighted by Crippen LogP contribution is 2.42. The standard InChI is InChI=1S/C30H22F2NO/c1-17-8-11-22-23-12-13-24(31)28(21-10-9-19-6-4-5-7-20(19)14-21)30(23)34-29(22)27(17)26-15-25(32)18(2)16-33(26)3/h4-16H,1-3H3/q+1. The zero-order valence-corrected chi connectivity index (χ0v) is 19.1. The lowest BCUT2D eigenvalue weighted by Gasteiger charge is -2.07. The second-order valence-corrected chi connectivity index (χ2v) is 8.90. The van der Waals surface area contributed by atoms with Gasteiger partial charge in [0.05, 0.1) is 11.1 Å². The van der Waals surface area contributed by atoms with Crippen LogP contribution in [-0.4, -0.2) is 0 Å². The Hall–Kier alpha value is -4.05. The van der Waals surface area contributed by atoms with Crippen LogP contribution in [0.25, 0.3) is 55.1 Å². The highest BCUT2D eigenvalue weighted by molar-refractivity contribution is 6.13. The van der Waals surface area contributed by atoms with Crippen molar-refractivity contribution < 1.29 is 17.8 Å². The summed E-state index contributed by atoms with van der Waals surface area (Å²) in [5.74, 6) is -0.615. The van der Waals surface area contributed by atoms with Crippen molar-refractivity contribution >= 4 is 32.7 Å². The summed E-state index contributed by atoms with van der Waals surface area (Å²) in [6.45, 7) is 3.72. The number of nitrogens with zero attached hydrogens (tertiary/aromatic N) is 1. The first-order valence-corrected chi connectivity index (χ1v) is 11.2. The van der Waals surface area contributed by atoms with E-state index in [0.717, 1.165) is 38.2 Å². The third-order valence-electron chi connectivity index (χ3n) is 6.67. The van der Waals surface area contributed by atoms with Crippen LogP contribution in [0.15, 0.2) is 83.4 Å². The Labute approximate surface area is 195 Å². The number of furan rings is 1. The second-order valence-electron chi connectivity index (χ2n) is 8.90. The van der Waals surface area contributed by atoms with Crippen molar-refractivity contribution in [2.24, 2.45) is 7.05 Å². The molecule has 4 aromatic carbocycles. The summed E-state index contributed by atoms with van der Waals surface area (Å²) < 4.78 is 38.2. The van der Waals surface area contributed by atoms with E-state index < -0.39 is 0 Å². The predicted octanol–water partition coefficient (Wildman–Crippen LogP) is 7.79. The van der Waals surface area contributed by atoms with Crippen molar-refractivity contribution in [3.63, 3.8) is 0 Å². The fraction of sp³-hybridized carbons (Fsp3) is 0.100. The molecule has 0 unspecified atom stereocenters. The van der Waals surface area contributed by atoms with Crippen LogP contribution >= 0.6 is 0 Å². The third kappa shape index (κ3) is 3.02. The molecule has 2 heterocycles. The van der Waals surface area contributed by atoms with E-state index in [9.17, 15) is 4.39 Å². The van der Waals surface area contributed by atoms with Gasteiger partial charge in [-0.1, -0.05) is 48.5 Å². The quantitative estimate of drug-likeness (QED) is 0.246. The van der Waals surface area contributed by atoms with Crippen LogP contribution in [0, 0.1) is 25.5 Å². The molecule has 166 valence electrons. The molecule has 0 saturated carbocycles. The molecule has 0 saturated heterocycles. The Balaban J connectivity index is 1.69. The van der Waals surface area contributed by atoms with Gasteiger partial charge in [-0.3, -0.25) is 0 Å². The second kappa shape index (κ2) is 7.49. The van der Waals surface area contributed by atoms with Crippen LogP contribution in [0.3, 0.4) is 0 Å². The molecule has 6 aromatic rings. The van der Waals surface area contributed by atoms with Crippen LogP contribution in [0.5, 0.6) is 0 Å². The Morgan fingerprint density at radius 1 is 0.676 bits per heavy atom. The molecule has 4 heteroatoms. The smallest absolute Gasteiger partial charge is 0.219 e. The van der Waals surface area contributed by atoms with Crippen LogP contribution in [-0.2, 0) is 7.05 Å². The first-order valence-electron chi connectivity index (χ1n) is 11.2. The van der Waals surface area contributed by atoms with E-state index in [1.807, 2.05) is 73.1 Å². The molecule has 0 aliphatic heterocycles.